The Bertz CT molecular complexity index is 1510. The molecular formula is C28H25Cl2N5O2. The molecule has 0 spiro atoms. The number of hydrogen-bond acceptors (Lipinski definition) is 5. The Morgan fingerprint density at radius 1 is 1.03 bits per heavy atom. The van der Waals surface area contributed by atoms with E-state index in [2.05, 4.69) is 20.7 Å². The maximum Gasteiger partial charge on any atom is 0.255 e. The Morgan fingerprint density at radius 3 is 2.54 bits per heavy atom. The molecule has 5 rings (SSSR count). The summed E-state index contributed by atoms with van der Waals surface area (Å²) in [5.74, 6) is 1.05. The van der Waals surface area contributed by atoms with E-state index in [1.165, 1.54) is 6.33 Å². The second-order valence-corrected chi connectivity index (χ2v) is 9.79. The molecule has 2 heterocycles. The van der Waals surface area contributed by atoms with Gasteiger partial charge in [0.1, 0.15) is 24.7 Å². The van der Waals surface area contributed by atoms with Crippen molar-refractivity contribution < 1.29 is 9.53 Å². The van der Waals surface area contributed by atoms with Crippen LogP contribution in [-0.4, -0.2) is 20.7 Å². The van der Waals surface area contributed by atoms with Crippen LogP contribution in [0.25, 0.3) is 0 Å². The van der Waals surface area contributed by atoms with Gasteiger partial charge in [0.25, 0.3) is 5.91 Å². The molecule has 0 bridgehead atoms. The van der Waals surface area contributed by atoms with Gasteiger partial charge in [-0.3, -0.25) is 4.79 Å². The third-order valence-electron chi connectivity index (χ3n) is 6.25. The lowest BCUT2D eigenvalue weighted by Gasteiger charge is -2.29. The smallest absolute Gasteiger partial charge is 0.255 e. The second kappa shape index (κ2) is 10.3. The normalized spacial score (nSPS) is 14.7. The summed E-state index contributed by atoms with van der Waals surface area (Å²) in [6.07, 6.45) is 1.47. The molecule has 0 unspecified atom stereocenters. The molecule has 4 aromatic rings. The van der Waals surface area contributed by atoms with E-state index < -0.39 is 6.04 Å². The average molecular weight is 534 g/mol. The number of nitrogens with zero attached hydrogens (tertiary/aromatic N) is 3. The fourth-order valence-electron chi connectivity index (χ4n) is 4.38. The number of anilines is 2. The molecule has 0 saturated heterocycles. The van der Waals surface area contributed by atoms with Gasteiger partial charge >= 0.3 is 0 Å². The molecule has 1 aliphatic rings. The highest BCUT2D eigenvalue weighted by molar-refractivity contribution is 6.42. The third kappa shape index (κ3) is 5.19. The van der Waals surface area contributed by atoms with Crippen molar-refractivity contribution in [2.75, 3.05) is 10.6 Å². The minimum Gasteiger partial charge on any atom is -0.489 e. The quantitative estimate of drug-likeness (QED) is 0.288. The highest BCUT2D eigenvalue weighted by Crippen LogP contribution is 2.36. The number of aromatic nitrogens is 3. The molecule has 7 nitrogen and oxygen atoms in total. The summed E-state index contributed by atoms with van der Waals surface area (Å²) in [5.41, 5.74) is 5.96. The lowest BCUT2D eigenvalue weighted by atomic mass is 9.94. The van der Waals surface area contributed by atoms with Gasteiger partial charge in [0.2, 0.25) is 5.95 Å². The van der Waals surface area contributed by atoms with E-state index in [-0.39, 0.29) is 5.91 Å². The van der Waals surface area contributed by atoms with Crippen LogP contribution in [-0.2, 0) is 11.4 Å². The first kappa shape index (κ1) is 24.9. The van der Waals surface area contributed by atoms with Gasteiger partial charge in [-0.1, -0.05) is 59.1 Å². The molecule has 9 heteroatoms. The first-order chi connectivity index (χ1) is 17.8. The Morgan fingerprint density at radius 2 is 1.81 bits per heavy atom. The molecule has 37 heavy (non-hydrogen) atoms. The third-order valence-corrected chi connectivity index (χ3v) is 6.99. The van der Waals surface area contributed by atoms with Crippen LogP contribution >= 0.6 is 23.2 Å². The van der Waals surface area contributed by atoms with Crippen molar-refractivity contribution in [1.82, 2.24) is 14.8 Å². The number of ether oxygens (including phenoxy) is 1. The Hall–Kier alpha value is -3.81. The fraction of sp³-hybridized carbons (Fsp3) is 0.179. The number of benzene rings is 3. The number of hydrogen-bond donors (Lipinski definition) is 2. The molecule has 0 radical (unpaired) electrons. The van der Waals surface area contributed by atoms with Gasteiger partial charge in [0.15, 0.2) is 0 Å². The molecule has 188 valence electrons. The molecule has 3 aromatic carbocycles. The number of amides is 1. The van der Waals surface area contributed by atoms with Crippen molar-refractivity contribution in [3.63, 3.8) is 0 Å². The predicted octanol–water partition coefficient (Wildman–Crippen LogP) is 6.71. The van der Waals surface area contributed by atoms with E-state index >= 15 is 0 Å². The highest BCUT2D eigenvalue weighted by atomic mass is 35.5. The standard InChI is InChI=1S/C28H25Cl2N5O2/c1-16-4-11-24(17(2)12-16)34-27(36)25-18(3)33-28-31-15-32-35(28)26(25)20-6-8-21(9-7-20)37-14-19-5-10-22(29)23(30)13-19/h4-13,15,26H,14H2,1-3H3,(H,34,36)(H,31,32,33)/t26-/m1/s1. The van der Waals surface area contributed by atoms with Gasteiger partial charge < -0.3 is 15.4 Å². The predicted molar refractivity (Wildman–Crippen MR) is 146 cm³/mol. The van der Waals surface area contributed by atoms with Gasteiger partial charge in [-0.2, -0.15) is 10.1 Å². The first-order valence-corrected chi connectivity index (χ1v) is 12.5. The summed E-state index contributed by atoms with van der Waals surface area (Å²) in [5, 5.41) is 11.7. The summed E-state index contributed by atoms with van der Waals surface area (Å²) in [7, 11) is 0. The summed E-state index contributed by atoms with van der Waals surface area (Å²) in [6, 6.07) is 18.5. The van der Waals surface area contributed by atoms with Crippen molar-refractivity contribution >= 4 is 40.7 Å². The Labute approximate surface area is 225 Å². The lowest BCUT2D eigenvalue weighted by Crippen LogP contribution is -2.31. The molecule has 1 atom stereocenters. The second-order valence-electron chi connectivity index (χ2n) is 8.97. The van der Waals surface area contributed by atoms with Crippen LogP contribution in [0.1, 0.15) is 35.2 Å². The van der Waals surface area contributed by atoms with E-state index in [1.54, 1.807) is 16.8 Å². The van der Waals surface area contributed by atoms with Crippen molar-refractivity contribution in [2.24, 2.45) is 0 Å². The lowest BCUT2D eigenvalue weighted by molar-refractivity contribution is -0.113. The molecule has 0 aliphatic carbocycles. The zero-order chi connectivity index (χ0) is 26.1. The minimum absolute atomic E-state index is 0.206. The van der Waals surface area contributed by atoms with Gasteiger partial charge in [-0.15, -0.1) is 0 Å². The van der Waals surface area contributed by atoms with Crippen LogP contribution in [0.2, 0.25) is 10.0 Å². The van der Waals surface area contributed by atoms with Crippen LogP contribution in [0.5, 0.6) is 5.75 Å². The number of allylic oxidation sites excluding steroid dienone is 1. The number of nitrogens with one attached hydrogen (secondary N) is 2. The number of carbonyl (C=O) groups is 1. The van der Waals surface area contributed by atoms with Crippen molar-refractivity contribution in [3.8, 4) is 5.75 Å². The molecular weight excluding hydrogens is 509 g/mol. The first-order valence-electron chi connectivity index (χ1n) is 11.7. The van der Waals surface area contributed by atoms with E-state index in [4.69, 9.17) is 27.9 Å². The summed E-state index contributed by atoms with van der Waals surface area (Å²) in [6.45, 7) is 6.22. The van der Waals surface area contributed by atoms with Crippen LogP contribution in [0.3, 0.4) is 0 Å². The molecule has 2 N–H and O–H groups in total. The molecule has 0 saturated carbocycles. The average Bonchev–Trinajstić information content (AvgIpc) is 3.34. The SMILES string of the molecule is CC1=C(C(=O)Nc2ccc(C)cc2C)[C@@H](c2ccc(OCc3ccc(Cl)c(Cl)c3)cc2)n2ncnc2N1. The van der Waals surface area contributed by atoms with Gasteiger partial charge in [-0.25, -0.2) is 4.68 Å². The zero-order valence-corrected chi connectivity index (χ0v) is 22.1. The number of halogens is 2. The van der Waals surface area contributed by atoms with Crippen molar-refractivity contribution in [3.05, 3.63) is 111 Å². The van der Waals surface area contributed by atoms with E-state index in [0.717, 1.165) is 27.9 Å². The van der Waals surface area contributed by atoms with Crippen molar-refractivity contribution in [2.45, 2.75) is 33.4 Å². The van der Waals surface area contributed by atoms with Crippen molar-refractivity contribution in [1.29, 1.82) is 0 Å². The summed E-state index contributed by atoms with van der Waals surface area (Å²) >= 11 is 12.1. The molecule has 1 amide bonds. The summed E-state index contributed by atoms with van der Waals surface area (Å²) in [4.78, 5) is 17.9. The minimum atomic E-state index is -0.464. The fourth-order valence-corrected chi connectivity index (χ4v) is 4.70. The molecule has 0 fully saturated rings. The van der Waals surface area contributed by atoms with Gasteiger partial charge in [-0.05, 0) is 67.8 Å². The zero-order valence-electron chi connectivity index (χ0n) is 20.5. The largest absolute Gasteiger partial charge is 0.489 e. The number of carbonyl (C=O) groups excluding carboxylic acids is 1. The highest BCUT2D eigenvalue weighted by Gasteiger charge is 2.33. The number of rotatable bonds is 6. The van der Waals surface area contributed by atoms with Crippen LogP contribution in [0.15, 0.2) is 78.3 Å². The number of fused-ring (bicyclic) bond motifs is 1. The topological polar surface area (TPSA) is 81.1 Å². The molecule has 1 aromatic heterocycles. The Balaban J connectivity index is 1.40. The molecule has 1 aliphatic heterocycles. The van der Waals surface area contributed by atoms with Crippen LogP contribution in [0.4, 0.5) is 11.6 Å². The van der Waals surface area contributed by atoms with E-state index in [9.17, 15) is 4.79 Å². The van der Waals surface area contributed by atoms with Gasteiger partial charge in [0, 0.05) is 11.4 Å². The maximum atomic E-state index is 13.6. The Kier molecular flexibility index (Phi) is 6.91. The van der Waals surface area contributed by atoms with Crippen LogP contribution in [0, 0.1) is 13.8 Å². The van der Waals surface area contributed by atoms with Crippen LogP contribution < -0.4 is 15.4 Å². The van der Waals surface area contributed by atoms with Gasteiger partial charge in [0.05, 0.1) is 15.6 Å². The summed E-state index contributed by atoms with van der Waals surface area (Å²) < 4.78 is 7.66. The monoisotopic (exact) mass is 533 g/mol. The van der Waals surface area contributed by atoms with E-state index in [0.29, 0.717) is 39.6 Å². The maximum absolute atomic E-state index is 13.6. The van der Waals surface area contributed by atoms with E-state index in [1.807, 2.05) is 69.3 Å². The number of aryl methyl sites for hydroxylation is 2.